The lowest BCUT2D eigenvalue weighted by molar-refractivity contribution is 0.0149. The van der Waals surface area contributed by atoms with Crippen LogP contribution in [0.3, 0.4) is 0 Å². The van der Waals surface area contributed by atoms with E-state index in [9.17, 15) is 4.39 Å². The summed E-state index contributed by atoms with van der Waals surface area (Å²) in [4.78, 5) is 0. The van der Waals surface area contributed by atoms with Gasteiger partial charge in [-0.2, -0.15) is 0 Å². The molecule has 1 aliphatic rings. The van der Waals surface area contributed by atoms with E-state index in [1.165, 1.54) is 5.56 Å². The Morgan fingerprint density at radius 1 is 1.30 bits per heavy atom. The van der Waals surface area contributed by atoms with E-state index in [2.05, 4.69) is 19.2 Å². The maximum Gasteiger partial charge on any atom is 0.123 e. The second-order valence-corrected chi connectivity index (χ2v) is 6.04. The molecule has 1 aromatic carbocycles. The first kappa shape index (κ1) is 15.5. The average molecular weight is 279 g/mol. The molecular weight excluding hydrogens is 253 g/mol. The van der Waals surface area contributed by atoms with E-state index in [0.717, 1.165) is 57.6 Å². The van der Waals surface area contributed by atoms with E-state index >= 15 is 0 Å². The predicted octanol–water partition coefficient (Wildman–Crippen LogP) is 3.47. The van der Waals surface area contributed by atoms with Crippen molar-refractivity contribution in [3.8, 4) is 0 Å². The molecule has 2 rings (SSSR count). The Bertz CT molecular complexity index is 427. The van der Waals surface area contributed by atoms with Crippen LogP contribution in [0, 0.1) is 18.2 Å². The fourth-order valence-corrected chi connectivity index (χ4v) is 2.99. The van der Waals surface area contributed by atoms with Gasteiger partial charge in [-0.25, -0.2) is 4.39 Å². The first-order chi connectivity index (χ1) is 9.65. The van der Waals surface area contributed by atoms with Crippen LogP contribution in [0.2, 0.25) is 0 Å². The predicted molar refractivity (Wildman–Crippen MR) is 80.5 cm³/mol. The highest BCUT2D eigenvalue weighted by atomic mass is 19.1. The molecule has 0 aromatic heterocycles. The molecule has 1 fully saturated rings. The number of benzene rings is 1. The largest absolute Gasteiger partial charge is 0.381 e. The third-order valence-electron chi connectivity index (χ3n) is 4.36. The topological polar surface area (TPSA) is 21.3 Å². The number of hydrogen-bond donors (Lipinski definition) is 1. The number of halogens is 1. The molecule has 0 atom stereocenters. The van der Waals surface area contributed by atoms with Crippen LogP contribution in [0.5, 0.6) is 0 Å². The summed E-state index contributed by atoms with van der Waals surface area (Å²) in [7, 11) is 0. The van der Waals surface area contributed by atoms with Gasteiger partial charge >= 0.3 is 0 Å². The molecule has 112 valence electrons. The summed E-state index contributed by atoms with van der Waals surface area (Å²) < 4.78 is 19.0. The van der Waals surface area contributed by atoms with Crippen molar-refractivity contribution in [3.05, 3.63) is 35.1 Å². The molecule has 0 spiro atoms. The quantitative estimate of drug-likeness (QED) is 0.805. The fourth-order valence-electron chi connectivity index (χ4n) is 2.99. The third kappa shape index (κ3) is 4.03. The van der Waals surface area contributed by atoms with Crippen LogP contribution < -0.4 is 5.32 Å². The Kier molecular flexibility index (Phi) is 5.55. The maximum absolute atomic E-state index is 13.5. The number of aryl methyl sites for hydroxylation is 1. The van der Waals surface area contributed by atoms with Gasteiger partial charge in [0, 0.05) is 19.8 Å². The van der Waals surface area contributed by atoms with Crippen LogP contribution in [0.1, 0.15) is 37.3 Å². The second kappa shape index (κ2) is 7.19. The summed E-state index contributed by atoms with van der Waals surface area (Å²) in [6, 6.07) is 5.13. The standard InChI is InChI=1S/C17H26FNO/c1-3-8-19-13-17(6-9-20-10-7-17)12-15-11-16(18)5-4-14(15)2/h4-5,11,19H,3,6-10,12-13H2,1-2H3. The van der Waals surface area contributed by atoms with E-state index in [4.69, 9.17) is 4.74 Å². The molecule has 0 bridgehead atoms. The normalized spacial score (nSPS) is 18.1. The molecular formula is C17H26FNO. The maximum atomic E-state index is 13.5. The lowest BCUT2D eigenvalue weighted by Gasteiger charge is -2.38. The van der Waals surface area contributed by atoms with E-state index in [1.807, 2.05) is 6.07 Å². The molecule has 3 heteroatoms. The summed E-state index contributed by atoms with van der Waals surface area (Å²) in [5.74, 6) is -0.130. The Labute approximate surface area is 121 Å². The van der Waals surface area contributed by atoms with E-state index in [-0.39, 0.29) is 11.2 Å². The minimum Gasteiger partial charge on any atom is -0.381 e. The van der Waals surface area contributed by atoms with Gasteiger partial charge in [-0.15, -0.1) is 0 Å². The Morgan fingerprint density at radius 2 is 2.05 bits per heavy atom. The van der Waals surface area contributed by atoms with Crippen LogP contribution in [0.4, 0.5) is 4.39 Å². The Hall–Kier alpha value is -0.930. The van der Waals surface area contributed by atoms with Crippen molar-refractivity contribution in [1.29, 1.82) is 0 Å². The van der Waals surface area contributed by atoms with Gasteiger partial charge in [0.25, 0.3) is 0 Å². The number of rotatable bonds is 6. The van der Waals surface area contributed by atoms with Crippen LogP contribution in [0.25, 0.3) is 0 Å². The smallest absolute Gasteiger partial charge is 0.123 e. The van der Waals surface area contributed by atoms with Crippen molar-refractivity contribution in [2.75, 3.05) is 26.3 Å². The van der Waals surface area contributed by atoms with Gasteiger partial charge in [-0.1, -0.05) is 13.0 Å². The molecule has 1 saturated heterocycles. The van der Waals surface area contributed by atoms with Crippen molar-refractivity contribution in [2.24, 2.45) is 5.41 Å². The summed E-state index contributed by atoms with van der Waals surface area (Å²) in [6.45, 7) is 7.94. The molecule has 0 saturated carbocycles. The third-order valence-corrected chi connectivity index (χ3v) is 4.36. The zero-order valence-electron chi connectivity index (χ0n) is 12.7. The Morgan fingerprint density at radius 3 is 2.75 bits per heavy atom. The van der Waals surface area contributed by atoms with Crippen molar-refractivity contribution >= 4 is 0 Å². The highest BCUT2D eigenvalue weighted by molar-refractivity contribution is 5.28. The van der Waals surface area contributed by atoms with Crippen molar-refractivity contribution in [2.45, 2.75) is 39.5 Å². The van der Waals surface area contributed by atoms with E-state index < -0.39 is 0 Å². The zero-order chi connectivity index (χ0) is 14.4. The molecule has 0 unspecified atom stereocenters. The van der Waals surface area contributed by atoms with Gasteiger partial charge in [-0.05, 0) is 67.8 Å². The molecule has 0 radical (unpaired) electrons. The van der Waals surface area contributed by atoms with Gasteiger partial charge in [-0.3, -0.25) is 0 Å². The van der Waals surface area contributed by atoms with Gasteiger partial charge in [0.1, 0.15) is 5.82 Å². The molecule has 1 aromatic rings. The number of ether oxygens (including phenoxy) is 1. The molecule has 0 amide bonds. The van der Waals surface area contributed by atoms with Crippen LogP contribution in [-0.4, -0.2) is 26.3 Å². The van der Waals surface area contributed by atoms with Crippen molar-refractivity contribution < 1.29 is 9.13 Å². The highest BCUT2D eigenvalue weighted by Gasteiger charge is 2.32. The van der Waals surface area contributed by atoms with Crippen LogP contribution in [0.15, 0.2) is 18.2 Å². The molecule has 20 heavy (non-hydrogen) atoms. The van der Waals surface area contributed by atoms with Crippen LogP contribution >= 0.6 is 0 Å². The van der Waals surface area contributed by atoms with E-state index in [1.54, 1.807) is 12.1 Å². The molecule has 2 nitrogen and oxygen atoms in total. The first-order valence-electron chi connectivity index (χ1n) is 7.69. The molecule has 1 N–H and O–H groups in total. The fraction of sp³-hybridized carbons (Fsp3) is 0.647. The van der Waals surface area contributed by atoms with Gasteiger partial charge < -0.3 is 10.1 Å². The molecule has 1 aliphatic heterocycles. The molecule has 0 aliphatic carbocycles. The summed E-state index contributed by atoms with van der Waals surface area (Å²) in [5, 5.41) is 3.55. The van der Waals surface area contributed by atoms with Crippen molar-refractivity contribution in [1.82, 2.24) is 5.32 Å². The van der Waals surface area contributed by atoms with Crippen LogP contribution in [-0.2, 0) is 11.2 Å². The number of hydrogen-bond acceptors (Lipinski definition) is 2. The summed E-state index contributed by atoms with van der Waals surface area (Å²) in [6.07, 6.45) is 4.20. The monoisotopic (exact) mass is 279 g/mol. The molecule has 1 heterocycles. The lowest BCUT2D eigenvalue weighted by atomic mass is 9.74. The van der Waals surface area contributed by atoms with E-state index in [0.29, 0.717) is 0 Å². The van der Waals surface area contributed by atoms with Gasteiger partial charge in [0.2, 0.25) is 0 Å². The van der Waals surface area contributed by atoms with Gasteiger partial charge in [0.15, 0.2) is 0 Å². The SMILES string of the molecule is CCCNCC1(Cc2cc(F)ccc2C)CCOCC1. The first-order valence-corrected chi connectivity index (χ1v) is 7.69. The van der Waals surface area contributed by atoms with Gasteiger partial charge in [0.05, 0.1) is 0 Å². The minimum atomic E-state index is -0.130. The highest BCUT2D eigenvalue weighted by Crippen LogP contribution is 2.34. The minimum absolute atomic E-state index is 0.130. The summed E-state index contributed by atoms with van der Waals surface area (Å²) >= 11 is 0. The second-order valence-electron chi connectivity index (χ2n) is 6.04. The summed E-state index contributed by atoms with van der Waals surface area (Å²) in [5.41, 5.74) is 2.55. The number of nitrogens with one attached hydrogen (secondary N) is 1. The Balaban J connectivity index is 2.12. The zero-order valence-corrected chi connectivity index (χ0v) is 12.7. The lowest BCUT2D eigenvalue weighted by Crippen LogP contribution is -2.41. The van der Waals surface area contributed by atoms with Crippen molar-refractivity contribution in [3.63, 3.8) is 0 Å². The average Bonchev–Trinajstić information content (AvgIpc) is 2.44.